The van der Waals surface area contributed by atoms with Crippen molar-refractivity contribution in [3.8, 4) is 11.5 Å². The van der Waals surface area contributed by atoms with Gasteiger partial charge in [0.25, 0.3) is 5.91 Å². The summed E-state index contributed by atoms with van der Waals surface area (Å²) in [5.74, 6) is 1.22. The second-order valence-electron chi connectivity index (χ2n) is 7.22. The Morgan fingerprint density at radius 1 is 1.03 bits per heavy atom. The molecule has 2 aromatic rings. The third-order valence-corrected chi connectivity index (χ3v) is 5.44. The smallest absolute Gasteiger partial charge is 0.265 e. The Hall–Kier alpha value is -3.22. The van der Waals surface area contributed by atoms with Crippen LogP contribution in [0.5, 0.6) is 11.5 Å². The summed E-state index contributed by atoms with van der Waals surface area (Å²) in [6.45, 7) is 4.43. The van der Waals surface area contributed by atoms with Crippen molar-refractivity contribution in [3.63, 3.8) is 0 Å². The SMILES string of the molecule is COc1cccc(N2CCN(C(=O)C3CN(C(C)=O)c4ccccc4O3)CC2)c1. The van der Waals surface area contributed by atoms with Gasteiger partial charge in [-0.15, -0.1) is 0 Å². The van der Waals surface area contributed by atoms with Crippen LogP contribution in [0.25, 0.3) is 0 Å². The second kappa shape index (κ2) is 8.03. The molecule has 0 aromatic heterocycles. The van der Waals surface area contributed by atoms with Crippen LogP contribution in [0.1, 0.15) is 6.92 Å². The van der Waals surface area contributed by atoms with Crippen molar-refractivity contribution in [2.45, 2.75) is 13.0 Å². The molecule has 152 valence electrons. The number of anilines is 2. The van der Waals surface area contributed by atoms with Crippen LogP contribution in [0.2, 0.25) is 0 Å². The molecule has 4 rings (SSSR count). The fraction of sp³-hybridized carbons (Fsp3) is 0.364. The highest BCUT2D eigenvalue weighted by molar-refractivity contribution is 5.96. The highest BCUT2D eigenvalue weighted by Crippen LogP contribution is 2.33. The van der Waals surface area contributed by atoms with Crippen molar-refractivity contribution in [2.24, 2.45) is 0 Å². The molecule has 2 amide bonds. The predicted molar refractivity (Wildman–Crippen MR) is 111 cm³/mol. The van der Waals surface area contributed by atoms with Crippen LogP contribution in [-0.4, -0.2) is 62.7 Å². The first-order valence-corrected chi connectivity index (χ1v) is 9.78. The van der Waals surface area contributed by atoms with Crippen LogP contribution in [0.4, 0.5) is 11.4 Å². The van der Waals surface area contributed by atoms with Crippen molar-refractivity contribution in [2.75, 3.05) is 49.6 Å². The van der Waals surface area contributed by atoms with E-state index < -0.39 is 6.10 Å². The summed E-state index contributed by atoms with van der Waals surface area (Å²) in [7, 11) is 1.66. The quantitative estimate of drug-likeness (QED) is 0.797. The average Bonchev–Trinajstić information content (AvgIpc) is 2.78. The Morgan fingerprint density at radius 3 is 2.52 bits per heavy atom. The molecular formula is C22H25N3O4. The Bertz CT molecular complexity index is 908. The Morgan fingerprint density at radius 2 is 1.79 bits per heavy atom. The van der Waals surface area contributed by atoms with Gasteiger partial charge in [-0.25, -0.2) is 0 Å². The number of rotatable bonds is 3. The van der Waals surface area contributed by atoms with E-state index in [1.807, 2.05) is 47.4 Å². The molecule has 1 saturated heterocycles. The van der Waals surface area contributed by atoms with Crippen LogP contribution < -0.4 is 19.3 Å². The molecule has 1 atom stereocenters. The normalized spacial score (nSPS) is 18.7. The number of hydrogen-bond donors (Lipinski definition) is 0. The number of methoxy groups -OCH3 is 1. The molecule has 2 heterocycles. The monoisotopic (exact) mass is 395 g/mol. The summed E-state index contributed by atoms with van der Waals surface area (Å²) in [5, 5.41) is 0. The topological polar surface area (TPSA) is 62.3 Å². The Kier molecular flexibility index (Phi) is 5.29. The summed E-state index contributed by atoms with van der Waals surface area (Å²) < 4.78 is 11.3. The summed E-state index contributed by atoms with van der Waals surface area (Å²) >= 11 is 0. The van der Waals surface area contributed by atoms with Crippen molar-refractivity contribution >= 4 is 23.2 Å². The first-order valence-electron chi connectivity index (χ1n) is 9.78. The zero-order chi connectivity index (χ0) is 20.4. The van der Waals surface area contributed by atoms with Crippen LogP contribution in [0.15, 0.2) is 48.5 Å². The van der Waals surface area contributed by atoms with E-state index in [1.165, 1.54) is 6.92 Å². The van der Waals surface area contributed by atoms with E-state index >= 15 is 0 Å². The number of benzene rings is 2. The lowest BCUT2D eigenvalue weighted by atomic mass is 10.1. The minimum Gasteiger partial charge on any atom is -0.497 e. The Labute approximate surface area is 170 Å². The number of carbonyl (C=O) groups is 2. The fourth-order valence-electron chi connectivity index (χ4n) is 3.86. The molecular weight excluding hydrogens is 370 g/mol. The highest BCUT2D eigenvalue weighted by Gasteiger charge is 2.35. The van der Waals surface area contributed by atoms with Gasteiger partial charge >= 0.3 is 0 Å². The van der Waals surface area contributed by atoms with Gasteiger partial charge in [-0.05, 0) is 24.3 Å². The average molecular weight is 395 g/mol. The van der Waals surface area contributed by atoms with Crippen LogP contribution in [-0.2, 0) is 9.59 Å². The predicted octanol–water partition coefficient (Wildman–Crippen LogP) is 2.16. The lowest BCUT2D eigenvalue weighted by Gasteiger charge is -2.40. The zero-order valence-electron chi connectivity index (χ0n) is 16.7. The largest absolute Gasteiger partial charge is 0.497 e. The van der Waals surface area contributed by atoms with Gasteiger partial charge in [0.05, 0.1) is 19.3 Å². The first kappa shape index (κ1) is 19.1. The molecule has 29 heavy (non-hydrogen) atoms. The fourth-order valence-corrected chi connectivity index (χ4v) is 3.86. The summed E-state index contributed by atoms with van der Waals surface area (Å²) in [6, 6.07) is 15.3. The van der Waals surface area contributed by atoms with Crippen LogP contribution in [0.3, 0.4) is 0 Å². The lowest BCUT2D eigenvalue weighted by molar-refractivity contribution is -0.139. The number of fused-ring (bicyclic) bond motifs is 1. The van der Waals surface area contributed by atoms with E-state index in [4.69, 9.17) is 9.47 Å². The van der Waals surface area contributed by atoms with Gasteiger partial charge in [0.15, 0.2) is 6.10 Å². The summed E-state index contributed by atoms with van der Waals surface area (Å²) in [5.41, 5.74) is 1.80. The molecule has 7 heteroatoms. The van der Waals surface area contributed by atoms with E-state index in [0.29, 0.717) is 24.5 Å². The third kappa shape index (κ3) is 3.85. The minimum atomic E-state index is -0.683. The van der Waals surface area contributed by atoms with E-state index in [9.17, 15) is 9.59 Å². The van der Waals surface area contributed by atoms with Gasteiger partial charge < -0.3 is 24.2 Å². The molecule has 0 radical (unpaired) electrons. The van der Waals surface area contributed by atoms with Gasteiger partial charge in [-0.3, -0.25) is 9.59 Å². The second-order valence-corrected chi connectivity index (χ2v) is 7.22. The maximum absolute atomic E-state index is 13.1. The maximum atomic E-state index is 13.1. The van der Waals surface area contributed by atoms with Crippen molar-refractivity contribution in [1.29, 1.82) is 0 Å². The van der Waals surface area contributed by atoms with Gasteiger partial charge in [0.2, 0.25) is 5.91 Å². The molecule has 0 bridgehead atoms. The molecule has 0 spiro atoms. The molecule has 2 aliphatic heterocycles. The zero-order valence-corrected chi connectivity index (χ0v) is 16.7. The molecule has 1 fully saturated rings. The number of amides is 2. The number of carbonyl (C=O) groups excluding carboxylic acids is 2. The molecule has 1 unspecified atom stereocenters. The Balaban J connectivity index is 1.43. The van der Waals surface area contributed by atoms with Gasteiger partial charge in [-0.1, -0.05) is 18.2 Å². The van der Waals surface area contributed by atoms with Crippen LogP contribution in [0, 0.1) is 0 Å². The number of para-hydroxylation sites is 2. The first-order chi connectivity index (χ1) is 14.1. The summed E-state index contributed by atoms with van der Waals surface area (Å²) in [4.78, 5) is 30.9. The maximum Gasteiger partial charge on any atom is 0.265 e. The molecule has 0 saturated carbocycles. The highest BCUT2D eigenvalue weighted by atomic mass is 16.5. The van der Waals surface area contributed by atoms with Crippen molar-refractivity contribution in [3.05, 3.63) is 48.5 Å². The number of piperazine rings is 1. The molecule has 2 aliphatic rings. The number of ether oxygens (including phenoxy) is 2. The molecule has 0 aliphatic carbocycles. The molecule has 2 aromatic carbocycles. The third-order valence-electron chi connectivity index (χ3n) is 5.44. The standard InChI is InChI=1S/C22H25N3O4/c1-16(26)25-15-21(29-20-9-4-3-8-19(20)25)22(27)24-12-10-23(11-13-24)17-6-5-7-18(14-17)28-2/h3-9,14,21H,10-13,15H2,1-2H3. The molecule has 7 nitrogen and oxygen atoms in total. The van der Waals surface area contributed by atoms with Gasteiger partial charge in [0, 0.05) is 44.9 Å². The van der Waals surface area contributed by atoms with Gasteiger partial charge in [-0.2, -0.15) is 0 Å². The van der Waals surface area contributed by atoms with Crippen LogP contribution >= 0.6 is 0 Å². The van der Waals surface area contributed by atoms with E-state index in [2.05, 4.69) is 4.90 Å². The molecule has 0 N–H and O–H groups in total. The van der Waals surface area contributed by atoms with E-state index in [1.54, 1.807) is 18.1 Å². The minimum absolute atomic E-state index is 0.0731. The van der Waals surface area contributed by atoms with Crippen molar-refractivity contribution < 1.29 is 19.1 Å². The van der Waals surface area contributed by atoms with Crippen molar-refractivity contribution in [1.82, 2.24) is 4.90 Å². The van der Waals surface area contributed by atoms with E-state index in [0.717, 1.165) is 24.5 Å². The number of nitrogens with zero attached hydrogens (tertiary/aromatic N) is 3. The lowest BCUT2D eigenvalue weighted by Crippen LogP contribution is -2.56. The number of hydrogen-bond acceptors (Lipinski definition) is 5. The summed E-state index contributed by atoms with van der Waals surface area (Å²) in [6.07, 6.45) is -0.683. The van der Waals surface area contributed by atoms with Gasteiger partial charge in [0.1, 0.15) is 11.5 Å². The van der Waals surface area contributed by atoms with E-state index in [-0.39, 0.29) is 18.4 Å².